The number of aromatic amines is 1. The molecule has 2 aliphatic rings. The number of hydrogen-bond donors (Lipinski definition) is 1. The maximum absolute atomic E-state index is 12.3. The lowest BCUT2D eigenvalue weighted by Crippen LogP contribution is -2.42. The second-order valence-corrected chi connectivity index (χ2v) is 4.48. The van der Waals surface area contributed by atoms with Gasteiger partial charge in [0.2, 0.25) is 0 Å². The summed E-state index contributed by atoms with van der Waals surface area (Å²) in [5, 5.41) is 6.10. The van der Waals surface area contributed by atoms with Crippen LogP contribution in [-0.4, -0.2) is 33.1 Å². The number of carbonyl (C=O) groups is 1. The summed E-state index contributed by atoms with van der Waals surface area (Å²) in [5.41, 5.74) is 0.0276. The Morgan fingerprint density at radius 1 is 1.41 bits per heavy atom. The van der Waals surface area contributed by atoms with E-state index >= 15 is 0 Å². The average Bonchev–Trinajstić information content (AvgIpc) is 2.59. The first-order valence-electron chi connectivity index (χ1n) is 5.81. The Morgan fingerprint density at radius 2 is 2.29 bits per heavy atom. The van der Waals surface area contributed by atoms with Crippen LogP contribution in [0.5, 0.6) is 0 Å². The molecule has 1 fully saturated rings. The number of fused-ring (bicyclic) bond motifs is 2. The predicted molar refractivity (Wildman–Crippen MR) is 61.6 cm³/mol. The van der Waals surface area contributed by atoms with Gasteiger partial charge < -0.3 is 4.90 Å². The zero-order valence-electron chi connectivity index (χ0n) is 9.30. The van der Waals surface area contributed by atoms with Crippen molar-refractivity contribution in [2.24, 2.45) is 0 Å². The van der Waals surface area contributed by atoms with Gasteiger partial charge in [0.25, 0.3) is 11.5 Å². The zero-order valence-corrected chi connectivity index (χ0v) is 9.30. The zero-order chi connectivity index (χ0) is 11.8. The molecule has 0 saturated carbocycles. The number of carbonyl (C=O) groups excluding carboxylic acids is 1. The number of nitrogens with zero attached hydrogens (tertiary/aromatic N) is 2. The molecular formula is C12H13N3O2. The molecule has 0 aliphatic carbocycles. The van der Waals surface area contributed by atoms with Crippen LogP contribution in [0.3, 0.4) is 0 Å². The average molecular weight is 231 g/mol. The molecule has 2 atom stereocenters. The molecule has 1 saturated heterocycles. The maximum atomic E-state index is 12.3. The molecule has 0 radical (unpaired) electrons. The normalized spacial score (nSPS) is 26.2. The second-order valence-electron chi connectivity index (χ2n) is 4.48. The van der Waals surface area contributed by atoms with E-state index in [4.69, 9.17) is 0 Å². The SMILES string of the molecule is O=C(c1ccc(=O)[nH]n1)N1C2C=CCC1CC2. The Morgan fingerprint density at radius 3 is 3.00 bits per heavy atom. The molecule has 5 nitrogen and oxygen atoms in total. The lowest BCUT2D eigenvalue weighted by molar-refractivity contribution is 0.0681. The third-order valence-corrected chi connectivity index (χ3v) is 3.45. The van der Waals surface area contributed by atoms with Crippen molar-refractivity contribution in [3.63, 3.8) is 0 Å². The topological polar surface area (TPSA) is 66.1 Å². The van der Waals surface area contributed by atoms with Crippen LogP contribution >= 0.6 is 0 Å². The Kier molecular flexibility index (Phi) is 2.31. The summed E-state index contributed by atoms with van der Waals surface area (Å²) in [5.74, 6) is -0.0851. The first-order chi connectivity index (χ1) is 8.25. The molecule has 17 heavy (non-hydrogen) atoms. The third kappa shape index (κ3) is 1.67. The fourth-order valence-electron chi connectivity index (χ4n) is 2.64. The van der Waals surface area contributed by atoms with Gasteiger partial charge >= 0.3 is 0 Å². The van der Waals surface area contributed by atoms with Crippen molar-refractivity contribution in [1.29, 1.82) is 0 Å². The van der Waals surface area contributed by atoms with Gasteiger partial charge in [0, 0.05) is 12.1 Å². The minimum atomic E-state index is -0.289. The smallest absolute Gasteiger partial charge is 0.275 e. The second kappa shape index (κ2) is 3.84. The highest BCUT2D eigenvalue weighted by Crippen LogP contribution is 2.32. The number of rotatable bonds is 1. The highest BCUT2D eigenvalue weighted by atomic mass is 16.2. The molecule has 1 aromatic rings. The third-order valence-electron chi connectivity index (χ3n) is 3.45. The summed E-state index contributed by atoms with van der Waals surface area (Å²) in [6, 6.07) is 3.32. The van der Waals surface area contributed by atoms with Crippen LogP contribution in [0.25, 0.3) is 0 Å². The molecule has 1 N–H and O–H groups in total. The van der Waals surface area contributed by atoms with Crippen LogP contribution in [0.1, 0.15) is 29.8 Å². The number of hydrogen-bond acceptors (Lipinski definition) is 3. The minimum Gasteiger partial charge on any atom is -0.328 e. The molecule has 3 rings (SSSR count). The predicted octanol–water partition coefficient (Wildman–Crippen LogP) is 0.703. The Bertz CT molecular complexity index is 514. The summed E-state index contributed by atoms with van der Waals surface area (Å²) in [6.07, 6.45) is 7.23. The molecule has 88 valence electrons. The van der Waals surface area contributed by atoms with Crippen molar-refractivity contribution in [3.05, 3.63) is 40.3 Å². The van der Waals surface area contributed by atoms with Gasteiger partial charge in [0.15, 0.2) is 0 Å². The molecule has 2 aliphatic heterocycles. The van der Waals surface area contributed by atoms with E-state index < -0.39 is 0 Å². The van der Waals surface area contributed by atoms with Gasteiger partial charge in [0.1, 0.15) is 5.69 Å². The van der Waals surface area contributed by atoms with Crippen molar-refractivity contribution < 1.29 is 4.79 Å². The van der Waals surface area contributed by atoms with Crippen molar-refractivity contribution in [3.8, 4) is 0 Å². The molecule has 2 bridgehead atoms. The molecule has 1 aromatic heterocycles. The fraction of sp³-hybridized carbons (Fsp3) is 0.417. The quantitative estimate of drug-likeness (QED) is 0.724. The summed E-state index contributed by atoms with van der Waals surface area (Å²) >= 11 is 0. The van der Waals surface area contributed by atoms with E-state index in [0.717, 1.165) is 19.3 Å². The van der Waals surface area contributed by atoms with Crippen molar-refractivity contribution >= 4 is 5.91 Å². The fourth-order valence-corrected chi connectivity index (χ4v) is 2.64. The molecule has 5 heteroatoms. The molecule has 1 amide bonds. The molecule has 3 heterocycles. The Labute approximate surface area is 98.1 Å². The van der Waals surface area contributed by atoms with E-state index in [1.807, 2.05) is 4.90 Å². The molecule has 0 spiro atoms. The highest BCUT2D eigenvalue weighted by Gasteiger charge is 2.37. The monoisotopic (exact) mass is 231 g/mol. The van der Waals surface area contributed by atoms with E-state index in [1.165, 1.54) is 12.1 Å². The number of H-pyrrole nitrogens is 1. The largest absolute Gasteiger partial charge is 0.328 e. The summed E-state index contributed by atoms with van der Waals surface area (Å²) < 4.78 is 0. The summed E-state index contributed by atoms with van der Waals surface area (Å²) in [6.45, 7) is 0. The van der Waals surface area contributed by atoms with Gasteiger partial charge in [-0.1, -0.05) is 12.2 Å². The van der Waals surface area contributed by atoms with Gasteiger partial charge in [-0.05, 0) is 25.3 Å². The summed E-state index contributed by atoms with van der Waals surface area (Å²) in [4.78, 5) is 25.1. The van der Waals surface area contributed by atoms with E-state index in [1.54, 1.807) is 0 Å². The van der Waals surface area contributed by atoms with Crippen molar-refractivity contribution in [2.75, 3.05) is 0 Å². The van der Waals surface area contributed by atoms with Gasteiger partial charge in [-0.25, -0.2) is 5.10 Å². The van der Waals surface area contributed by atoms with Crippen LogP contribution in [0.15, 0.2) is 29.1 Å². The molecule has 2 unspecified atom stereocenters. The first kappa shape index (κ1) is 10.3. The van der Waals surface area contributed by atoms with E-state index in [2.05, 4.69) is 22.3 Å². The van der Waals surface area contributed by atoms with E-state index in [-0.39, 0.29) is 17.5 Å². The van der Waals surface area contributed by atoms with E-state index in [9.17, 15) is 9.59 Å². The highest BCUT2D eigenvalue weighted by molar-refractivity contribution is 5.93. The lowest BCUT2D eigenvalue weighted by Gasteiger charge is -2.30. The first-order valence-corrected chi connectivity index (χ1v) is 5.81. The maximum Gasteiger partial charge on any atom is 0.275 e. The molecule has 0 aromatic carbocycles. The van der Waals surface area contributed by atoms with Gasteiger partial charge in [0.05, 0.1) is 6.04 Å². The lowest BCUT2D eigenvalue weighted by atomic mass is 10.1. The van der Waals surface area contributed by atoms with Crippen LogP contribution in [0.2, 0.25) is 0 Å². The van der Waals surface area contributed by atoms with E-state index in [0.29, 0.717) is 11.7 Å². The van der Waals surface area contributed by atoms with Crippen molar-refractivity contribution in [1.82, 2.24) is 15.1 Å². The van der Waals surface area contributed by atoms with Crippen LogP contribution in [-0.2, 0) is 0 Å². The minimum absolute atomic E-state index is 0.0851. The van der Waals surface area contributed by atoms with Gasteiger partial charge in [-0.2, -0.15) is 5.10 Å². The number of nitrogens with one attached hydrogen (secondary N) is 1. The van der Waals surface area contributed by atoms with Crippen molar-refractivity contribution in [2.45, 2.75) is 31.3 Å². The number of aromatic nitrogens is 2. The van der Waals surface area contributed by atoms with Crippen LogP contribution in [0, 0.1) is 0 Å². The Balaban J connectivity index is 1.90. The summed E-state index contributed by atoms with van der Waals surface area (Å²) in [7, 11) is 0. The van der Waals surface area contributed by atoms with Crippen LogP contribution < -0.4 is 5.56 Å². The Hall–Kier alpha value is -1.91. The number of amides is 1. The standard InChI is InChI=1S/C12H13N3O2/c16-11-7-6-10(13-14-11)12(17)15-8-2-1-3-9(15)5-4-8/h1-2,6-9H,3-5H2,(H,14,16). The molecular weight excluding hydrogens is 218 g/mol. The van der Waals surface area contributed by atoms with Crippen LogP contribution in [0.4, 0.5) is 0 Å². The van der Waals surface area contributed by atoms with Gasteiger partial charge in [-0.15, -0.1) is 0 Å². The van der Waals surface area contributed by atoms with Gasteiger partial charge in [-0.3, -0.25) is 9.59 Å².